The van der Waals surface area contributed by atoms with Crippen molar-refractivity contribution in [2.24, 2.45) is 0 Å². The fourth-order valence-electron chi connectivity index (χ4n) is 0.846. The van der Waals surface area contributed by atoms with E-state index >= 15 is 0 Å². The third kappa shape index (κ3) is 2.66. The molecule has 0 amide bonds. The number of hydrogen-bond acceptors (Lipinski definition) is 2. The lowest BCUT2D eigenvalue weighted by molar-refractivity contribution is -0.107. The van der Waals surface area contributed by atoms with Crippen LogP contribution in [0.3, 0.4) is 0 Å². The van der Waals surface area contributed by atoms with Crippen molar-refractivity contribution in [3.05, 3.63) is 27.7 Å². The number of hydrogen-bond donors (Lipinski definition) is 1. The van der Waals surface area contributed by atoms with E-state index in [2.05, 4.69) is 11.8 Å². The highest BCUT2D eigenvalue weighted by Crippen LogP contribution is 2.26. The summed E-state index contributed by atoms with van der Waals surface area (Å²) in [6.07, 6.45) is 0.901. The largest absolute Gasteiger partial charge is 0.397 e. The Morgan fingerprint density at radius 2 is 2.07 bits per heavy atom. The second-order valence-corrected chi connectivity index (χ2v) is 3.34. The zero-order valence-electron chi connectivity index (χ0n) is 7.18. The fraction of sp³-hybridized carbons (Fsp3) is 0.100. The number of rotatable bonds is 1. The number of carbonyl (C=O) groups is 1. The van der Waals surface area contributed by atoms with Gasteiger partial charge in [-0.2, -0.15) is 0 Å². The summed E-state index contributed by atoms with van der Waals surface area (Å²) >= 11 is 11.6. The Balaban J connectivity index is 3.05. The number of benzene rings is 1. The highest BCUT2D eigenvalue weighted by Gasteiger charge is 2.02. The molecule has 1 aromatic carbocycles. The topological polar surface area (TPSA) is 43.1 Å². The van der Waals surface area contributed by atoms with Crippen LogP contribution in [0.4, 0.5) is 5.69 Å². The van der Waals surface area contributed by atoms with E-state index in [0.29, 0.717) is 21.3 Å². The predicted molar refractivity (Wildman–Crippen MR) is 58.4 cm³/mol. The van der Waals surface area contributed by atoms with Crippen molar-refractivity contribution >= 4 is 35.2 Å². The Bertz CT molecular complexity index is 418. The quantitative estimate of drug-likeness (QED) is 0.456. The molecule has 0 saturated carbocycles. The van der Waals surface area contributed by atoms with Crippen LogP contribution < -0.4 is 5.73 Å². The van der Waals surface area contributed by atoms with E-state index in [1.807, 2.05) is 0 Å². The van der Waals surface area contributed by atoms with Gasteiger partial charge >= 0.3 is 0 Å². The Morgan fingerprint density at radius 1 is 1.36 bits per heavy atom. The van der Waals surface area contributed by atoms with Crippen molar-refractivity contribution in [3.63, 3.8) is 0 Å². The number of carbonyl (C=O) groups excluding carboxylic acids is 1. The Morgan fingerprint density at radius 3 is 2.71 bits per heavy atom. The van der Waals surface area contributed by atoms with Gasteiger partial charge in [-0.15, -0.1) is 0 Å². The highest BCUT2D eigenvalue weighted by atomic mass is 35.5. The number of aldehydes is 1. The average Bonchev–Trinajstić information content (AvgIpc) is 2.14. The normalized spacial score (nSPS) is 9.00. The minimum atomic E-state index is 0.179. The first-order chi connectivity index (χ1) is 6.65. The van der Waals surface area contributed by atoms with Crippen molar-refractivity contribution in [1.29, 1.82) is 0 Å². The van der Waals surface area contributed by atoms with Gasteiger partial charge in [0, 0.05) is 5.56 Å². The molecule has 0 radical (unpaired) electrons. The molecule has 0 heterocycles. The SMILES string of the molecule is Nc1cc(Cl)c(C#CCC=O)cc1Cl. The van der Waals surface area contributed by atoms with E-state index in [4.69, 9.17) is 28.9 Å². The van der Waals surface area contributed by atoms with Gasteiger partial charge in [0.15, 0.2) is 0 Å². The van der Waals surface area contributed by atoms with Gasteiger partial charge in [-0.25, -0.2) is 0 Å². The van der Waals surface area contributed by atoms with Crippen LogP contribution >= 0.6 is 23.2 Å². The van der Waals surface area contributed by atoms with Gasteiger partial charge in [-0.05, 0) is 12.1 Å². The molecule has 0 spiro atoms. The number of nitrogen functional groups attached to an aromatic ring is 1. The van der Waals surface area contributed by atoms with Crippen LogP contribution in [0.15, 0.2) is 12.1 Å². The standard InChI is InChI=1S/C10H7Cl2NO/c11-8-6-10(13)9(12)5-7(8)3-1-2-4-14/h4-6H,2,13H2. The molecule has 2 N–H and O–H groups in total. The molecular weight excluding hydrogens is 221 g/mol. The molecule has 0 aliphatic rings. The summed E-state index contributed by atoms with van der Waals surface area (Å²) < 4.78 is 0. The van der Waals surface area contributed by atoms with E-state index in [-0.39, 0.29) is 6.42 Å². The number of nitrogens with two attached hydrogens (primary N) is 1. The summed E-state index contributed by atoms with van der Waals surface area (Å²) in [5, 5.41) is 0.843. The van der Waals surface area contributed by atoms with Gasteiger partial charge in [0.1, 0.15) is 6.29 Å². The number of halogens is 2. The van der Waals surface area contributed by atoms with Gasteiger partial charge in [0.05, 0.1) is 22.2 Å². The van der Waals surface area contributed by atoms with E-state index in [1.165, 1.54) is 6.07 Å². The third-order valence-electron chi connectivity index (χ3n) is 1.49. The summed E-state index contributed by atoms with van der Waals surface area (Å²) in [4.78, 5) is 10.0. The van der Waals surface area contributed by atoms with Crippen LogP contribution in [0.2, 0.25) is 10.0 Å². The van der Waals surface area contributed by atoms with E-state index in [9.17, 15) is 4.79 Å². The monoisotopic (exact) mass is 227 g/mol. The molecule has 0 aromatic heterocycles. The zero-order chi connectivity index (χ0) is 10.6. The van der Waals surface area contributed by atoms with Crippen LogP contribution in [0.1, 0.15) is 12.0 Å². The highest BCUT2D eigenvalue weighted by molar-refractivity contribution is 6.35. The summed E-state index contributed by atoms with van der Waals surface area (Å²) in [7, 11) is 0. The van der Waals surface area contributed by atoms with Crippen LogP contribution in [-0.2, 0) is 4.79 Å². The summed E-state index contributed by atoms with van der Waals surface area (Å²) in [5.74, 6) is 5.37. The van der Waals surface area contributed by atoms with Crippen LogP contribution in [-0.4, -0.2) is 6.29 Å². The first-order valence-corrected chi connectivity index (χ1v) is 4.57. The molecule has 0 bridgehead atoms. The first-order valence-electron chi connectivity index (χ1n) is 3.82. The van der Waals surface area contributed by atoms with Gasteiger partial charge in [-0.3, -0.25) is 0 Å². The summed E-state index contributed by atoms with van der Waals surface area (Å²) in [6.45, 7) is 0. The molecule has 0 fully saturated rings. The molecule has 1 aromatic rings. The molecule has 0 atom stereocenters. The lowest BCUT2D eigenvalue weighted by Crippen LogP contribution is -1.88. The minimum absolute atomic E-state index is 0.179. The Hall–Kier alpha value is -1.17. The molecule has 0 aliphatic heterocycles. The molecular formula is C10H7Cl2NO. The Kier molecular flexibility index (Phi) is 3.82. The lowest BCUT2D eigenvalue weighted by Gasteiger charge is -2.00. The molecule has 0 aliphatic carbocycles. The van der Waals surface area contributed by atoms with Gasteiger partial charge in [0.2, 0.25) is 0 Å². The first kappa shape index (κ1) is 10.9. The van der Waals surface area contributed by atoms with E-state index in [0.717, 1.165) is 6.29 Å². The second-order valence-electron chi connectivity index (χ2n) is 2.53. The van der Waals surface area contributed by atoms with Crippen LogP contribution in [0.5, 0.6) is 0 Å². The van der Waals surface area contributed by atoms with Crippen molar-refractivity contribution < 1.29 is 4.79 Å². The maximum absolute atomic E-state index is 10.0. The van der Waals surface area contributed by atoms with Crippen molar-refractivity contribution in [2.45, 2.75) is 6.42 Å². The second kappa shape index (κ2) is 4.90. The van der Waals surface area contributed by atoms with Crippen molar-refractivity contribution in [3.8, 4) is 11.8 Å². The summed E-state index contributed by atoms with van der Waals surface area (Å²) in [5.41, 5.74) is 6.51. The van der Waals surface area contributed by atoms with Crippen molar-refractivity contribution in [2.75, 3.05) is 5.73 Å². The molecule has 0 saturated heterocycles. The predicted octanol–water partition coefficient (Wildman–Crippen LogP) is 2.52. The van der Waals surface area contributed by atoms with E-state index in [1.54, 1.807) is 6.07 Å². The molecule has 4 heteroatoms. The van der Waals surface area contributed by atoms with Gasteiger partial charge in [-0.1, -0.05) is 35.0 Å². The van der Waals surface area contributed by atoms with Gasteiger partial charge < -0.3 is 10.5 Å². The van der Waals surface area contributed by atoms with Crippen LogP contribution in [0.25, 0.3) is 0 Å². The molecule has 1 rings (SSSR count). The minimum Gasteiger partial charge on any atom is -0.397 e. The van der Waals surface area contributed by atoms with E-state index < -0.39 is 0 Å². The maximum Gasteiger partial charge on any atom is 0.131 e. The number of anilines is 1. The zero-order valence-corrected chi connectivity index (χ0v) is 8.69. The molecule has 2 nitrogen and oxygen atoms in total. The third-order valence-corrected chi connectivity index (χ3v) is 2.13. The van der Waals surface area contributed by atoms with Crippen molar-refractivity contribution in [1.82, 2.24) is 0 Å². The lowest BCUT2D eigenvalue weighted by atomic mass is 10.2. The Labute approximate surface area is 92.0 Å². The molecule has 72 valence electrons. The van der Waals surface area contributed by atoms with Gasteiger partial charge in [0.25, 0.3) is 0 Å². The maximum atomic E-state index is 10.0. The molecule has 14 heavy (non-hydrogen) atoms. The average molecular weight is 228 g/mol. The summed E-state index contributed by atoms with van der Waals surface area (Å²) in [6, 6.07) is 3.12. The molecule has 0 unspecified atom stereocenters. The van der Waals surface area contributed by atoms with Crippen LogP contribution in [0, 0.1) is 11.8 Å². The fourth-order valence-corrected chi connectivity index (χ4v) is 1.23. The smallest absolute Gasteiger partial charge is 0.131 e.